The van der Waals surface area contributed by atoms with E-state index in [2.05, 4.69) is 0 Å². The number of aryl methyl sites for hydroxylation is 2. The van der Waals surface area contributed by atoms with Crippen molar-refractivity contribution in [2.24, 2.45) is 5.41 Å². The van der Waals surface area contributed by atoms with E-state index >= 15 is 0 Å². The van der Waals surface area contributed by atoms with E-state index in [4.69, 9.17) is 5.11 Å². The van der Waals surface area contributed by atoms with Gasteiger partial charge in [0.2, 0.25) is 0 Å². The van der Waals surface area contributed by atoms with Crippen molar-refractivity contribution in [3.8, 4) is 0 Å². The summed E-state index contributed by atoms with van der Waals surface area (Å²) in [5, 5.41) is 8.99. The van der Waals surface area contributed by atoms with E-state index < -0.39 is 11.4 Å². The molecule has 0 atom stereocenters. The predicted molar refractivity (Wildman–Crippen MR) is 69.6 cm³/mol. The minimum absolute atomic E-state index is 0.00928. The molecular formula is C13H22N2O3. The summed E-state index contributed by atoms with van der Waals surface area (Å²) in [6.07, 6.45) is 5.74. The molecule has 18 heavy (non-hydrogen) atoms. The van der Waals surface area contributed by atoms with Crippen LogP contribution in [0.3, 0.4) is 0 Å². The quantitative estimate of drug-likeness (QED) is 0.809. The van der Waals surface area contributed by atoms with Gasteiger partial charge in [0.05, 0.1) is 5.41 Å². The molecule has 0 spiro atoms. The lowest BCUT2D eigenvalue weighted by Gasteiger charge is -2.18. The maximum atomic E-state index is 11.9. The van der Waals surface area contributed by atoms with Gasteiger partial charge in [-0.15, -0.1) is 0 Å². The number of hydrogen-bond acceptors (Lipinski definition) is 2. The summed E-state index contributed by atoms with van der Waals surface area (Å²) < 4.78 is 3.33. The minimum Gasteiger partial charge on any atom is -0.481 e. The Morgan fingerprint density at radius 1 is 1.28 bits per heavy atom. The number of aliphatic carboxylic acids is 1. The Bertz CT molecular complexity index is 457. The molecule has 0 saturated carbocycles. The van der Waals surface area contributed by atoms with Gasteiger partial charge in [-0.05, 0) is 33.1 Å². The molecule has 102 valence electrons. The second kappa shape index (κ2) is 5.89. The van der Waals surface area contributed by atoms with Gasteiger partial charge in [0, 0.05) is 25.5 Å². The molecule has 1 aromatic heterocycles. The molecular weight excluding hydrogens is 232 g/mol. The van der Waals surface area contributed by atoms with Gasteiger partial charge in [-0.25, -0.2) is 4.79 Å². The molecule has 5 nitrogen and oxygen atoms in total. The van der Waals surface area contributed by atoms with Gasteiger partial charge in [0.15, 0.2) is 0 Å². The van der Waals surface area contributed by atoms with Crippen LogP contribution in [0.2, 0.25) is 0 Å². The molecule has 0 aliphatic rings. The van der Waals surface area contributed by atoms with Crippen LogP contribution in [0.1, 0.15) is 40.0 Å². The maximum absolute atomic E-state index is 11.9. The number of aromatic nitrogens is 2. The molecule has 0 radical (unpaired) electrons. The highest BCUT2D eigenvalue weighted by Gasteiger charge is 2.26. The smallest absolute Gasteiger partial charge is 0.328 e. The van der Waals surface area contributed by atoms with Gasteiger partial charge < -0.3 is 5.11 Å². The second-order valence-corrected chi connectivity index (χ2v) is 5.26. The third-order valence-electron chi connectivity index (χ3n) is 3.16. The largest absolute Gasteiger partial charge is 0.481 e. The highest BCUT2D eigenvalue weighted by molar-refractivity contribution is 5.73. The number of nitrogens with zero attached hydrogens (tertiary/aromatic N) is 2. The van der Waals surface area contributed by atoms with Gasteiger partial charge in [0.1, 0.15) is 0 Å². The molecule has 0 saturated heterocycles. The highest BCUT2D eigenvalue weighted by atomic mass is 16.4. The summed E-state index contributed by atoms with van der Waals surface area (Å²) >= 11 is 0. The van der Waals surface area contributed by atoms with Gasteiger partial charge in [-0.1, -0.05) is 6.92 Å². The average molecular weight is 254 g/mol. The zero-order valence-corrected chi connectivity index (χ0v) is 11.3. The molecule has 0 amide bonds. The highest BCUT2D eigenvalue weighted by Crippen LogP contribution is 2.22. The summed E-state index contributed by atoms with van der Waals surface area (Å²) in [4.78, 5) is 22.8. The molecule has 0 aromatic carbocycles. The van der Waals surface area contributed by atoms with Crippen molar-refractivity contribution >= 4 is 5.97 Å². The Morgan fingerprint density at radius 2 is 1.83 bits per heavy atom. The van der Waals surface area contributed by atoms with Crippen LogP contribution < -0.4 is 5.69 Å². The third kappa shape index (κ3) is 3.48. The van der Waals surface area contributed by atoms with E-state index in [-0.39, 0.29) is 5.69 Å². The first-order valence-corrected chi connectivity index (χ1v) is 6.37. The van der Waals surface area contributed by atoms with E-state index in [9.17, 15) is 9.59 Å². The monoisotopic (exact) mass is 254 g/mol. The zero-order valence-electron chi connectivity index (χ0n) is 11.3. The molecule has 0 fully saturated rings. The van der Waals surface area contributed by atoms with Crippen molar-refractivity contribution in [1.29, 1.82) is 0 Å². The molecule has 0 aliphatic heterocycles. The SMILES string of the molecule is CCCn1ccn(CCCC(C)(C)C(=O)O)c1=O. The predicted octanol–water partition coefficient (Wildman–Crippen LogP) is 1.95. The van der Waals surface area contributed by atoms with Crippen LogP contribution in [0.15, 0.2) is 17.2 Å². The third-order valence-corrected chi connectivity index (χ3v) is 3.16. The van der Waals surface area contributed by atoms with E-state index in [0.717, 1.165) is 13.0 Å². The van der Waals surface area contributed by atoms with Crippen LogP contribution in [0.25, 0.3) is 0 Å². The van der Waals surface area contributed by atoms with Crippen LogP contribution in [-0.2, 0) is 17.9 Å². The fourth-order valence-corrected chi connectivity index (χ4v) is 1.83. The second-order valence-electron chi connectivity index (χ2n) is 5.26. The van der Waals surface area contributed by atoms with Gasteiger partial charge in [-0.3, -0.25) is 13.9 Å². The van der Waals surface area contributed by atoms with Crippen LogP contribution >= 0.6 is 0 Å². The van der Waals surface area contributed by atoms with Crippen molar-refractivity contribution in [3.05, 3.63) is 22.9 Å². The van der Waals surface area contributed by atoms with Crippen LogP contribution in [-0.4, -0.2) is 20.2 Å². The first-order valence-electron chi connectivity index (χ1n) is 6.37. The van der Waals surface area contributed by atoms with Crippen molar-refractivity contribution in [2.45, 2.75) is 53.1 Å². The number of carboxylic acids is 1. The van der Waals surface area contributed by atoms with Gasteiger partial charge >= 0.3 is 11.7 Å². The first-order chi connectivity index (χ1) is 8.38. The fraction of sp³-hybridized carbons (Fsp3) is 0.692. The van der Waals surface area contributed by atoms with Crippen LogP contribution in [0.5, 0.6) is 0 Å². The normalized spacial score (nSPS) is 11.7. The van der Waals surface area contributed by atoms with Gasteiger partial charge in [0.25, 0.3) is 0 Å². The summed E-state index contributed by atoms with van der Waals surface area (Å²) in [5.41, 5.74) is -0.736. The number of hydrogen-bond donors (Lipinski definition) is 1. The van der Waals surface area contributed by atoms with E-state index in [1.165, 1.54) is 0 Å². The van der Waals surface area contributed by atoms with Crippen molar-refractivity contribution in [2.75, 3.05) is 0 Å². The Kier molecular flexibility index (Phi) is 4.76. The molecule has 0 unspecified atom stereocenters. The molecule has 1 heterocycles. The fourth-order valence-electron chi connectivity index (χ4n) is 1.83. The van der Waals surface area contributed by atoms with Crippen molar-refractivity contribution in [1.82, 2.24) is 9.13 Å². The summed E-state index contributed by atoms with van der Waals surface area (Å²) in [6, 6.07) is 0. The average Bonchev–Trinajstić information content (AvgIpc) is 2.62. The van der Waals surface area contributed by atoms with E-state index in [0.29, 0.717) is 19.4 Å². The van der Waals surface area contributed by atoms with E-state index in [1.807, 2.05) is 6.92 Å². The lowest BCUT2D eigenvalue weighted by atomic mass is 9.88. The Labute approximate surface area is 107 Å². The Morgan fingerprint density at radius 3 is 2.33 bits per heavy atom. The van der Waals surface area contributed by atoms with E-state index in [1.54, 1.807) is 35.4 Å². The van der Waals surface area contributed by atoms with Crippen molar-refractivity contribution < 1.29 is 9.90 Å². The van der Waals surface area contributed by atoms with Gasteiger partial charge in [-0.2, -0.15) is 0 Å². The standard InChI is InChI=1S/C13H22N2O3/c1-4-7-14-9-10-15(12(14)18)8-5-6-13(2,3)11(16)17/h9-10H,4-8H2,1-3H3,(H,16,17). The molecule has 0 aliphatic carbocycles. The molecule has 1 N–H and O–H groups in total. The maximum Gasteiger partial charge on any atom is 0.328 e. The van der Waals surface area contributed by atoms with Crippen LogP contribution in [0.4, 0.5) is 0 Å². The summed E-state index contributed by atoms with van der Waals surface area (Å²) in [7, 11) is 0. The lowest BCUT2D eigenvalue weighted by Crippen LogP contribution is -2.26. The van der Waals surface area contributed by atoms with Crippen molar-refractivity contribution in [3.63, 3.8) is 0 Å². The number of carbonyl (C=O) groups is 1. The topological polar surface area (TPSA) is 64.2 Å². The molecule has 0 bridgehead atoms. The Balaban J connectivity index is 2.55. The summed E-state index contributed by atoms with van der Waals surface area (Å²) in [6.45, 7) is 6.75. The minimum atomic E-state index is -0.793. The first kappa shape index (κ1) is 14.5. The Hall–Kier alpha value is -1.52. The number of imidazole rings is 1. The molecule has 1 aromatic rings. The lowest BCUT2D eigenvalue weighted by molar-refractivity contribution is -0.147. The molecule has 1 rings (SSSR count). The van der Waals surface area contributed by atoms with Crippen LogP contribution in [0, 0.1) is 5.41 Å². The molecule has 5 heteroatoms. The zero-order chi connectivity index (χ0) is 13.8. The number of carboxylic acid groups (broad SMARTS) is 1. The number of rotatable bonds is 7. The summed E-state index contributed by atoms with van der Waals surface area (Å²) in [5.74, 6) is -0.793.